The standard InChI is InChI=1S/C13H11ClN2O.ClH/c1-10-3-2-8-16(9-10)15-13(17)11-4-6-12(14)7-5-11;/h2-9H,1H3;1H. The van der Waals surface area contributed by atoms with Gasteiger partial charge < -0.3 is 12.4 Å². The molecule has 0 aliphatic carbocycles. The first kappa shape index (κ1) is 14.5. The number of rotatable bonds is 2. The van der Waals surface area contributed by atoms with E-state index in [9.17, 15) is 4.79 Å². The van der Waals surface area contributed by atoms with Crippen molar-refractivity contribution in [1.82, 2.24) is 0 Å². The number of nitrogens with one attached hydrogen (secondary N) is 1. The van der Waals surface area contributed by atoms with E-state index in [0.717, 1.165) is 5.56 Å². The molecule has 0 fully saturated rings. The first-order chi connectivity index (χ1) is 8.15. The van der Waals surface area contributed by atoms with E-state index in [-0.39, 0.29) is 18.3 Å². The molecule has 1 amide bonds. The third-order valence-electron chi connectivity index (χ3n) is 2.29. The molecule has 0 aliphatic heterocycles. The zero-order chi connectivity index (χ0) is 12.3. The number of pyridine rings is 1. The SMILES string of the molecule is Cc1ccc[n+](NC(=O)c2ccc(Cl)cc2)c1.[Cl-]. The summed E-state index contributed by atoms with van der Waals surface area (Å²) in [6, 6.07) is 10.6. The molecule has 1 N–H and O–H groups in total. The third kappa shape index (κ3) is 3.72. The number of halogens is 2. The minimum Gasteiger partial charge on any atom is -1.00 e. The normalized spacial score (nSPS) is 9.44. The lowest BCUT2D eigenvalue weighted by Crippen LogP contribution is -3.00. The number of carbonyl (C=O) groups is 1. The van der Waals surface area contributed by atoms with Crippen LogP contribution in [0.25, 0.3) is 0 Å². The van der Waals surface area contributed by atoms with Gasteiger partial charge in [0.05, 0.1) is 0 Å². The summed E-state index contributed by atoms with van der Waals surface area (Å²) >= 11 is 5.76. The van der Waals surface area contributed by atoms with Crippen LogP contribution in [0.15, 0.2) is 48.8 Å². The van der Waals surface area contributed by atoms with Crippen LogP contribution in [-0.4, -0.2) is 5.91 Å². The average molecular weight is 283 g/mol. The molecular weight excluding hydrogens is 271 g/mol. The summed E-state index contributed by atoms with van der Waals surface area (Å²) in [4.78, 5) is 11.9. The van der Waals surface area contributed by atoms with Crippen molar-refractivity contribution in [2.75, 3.05) is 5.43 Å². The molecule has 1 heterocycles. The van der Waals surface area contributed by atoms with Gasteiger partial charge in [-0.15, -0.1) is 5.43 Å². The molecule has 2 rings (SSSR count). The molecule has 0 spiro atoms. The van der Waals surface area contributed by atoms with Crippen LogP contribution in [0.5, 0.6) is 0 Å². The second kappa shape index (κ2) is 6.38. The molecule has 5 heteroatoms. The molecule has 0 atom stereocenters. The van der Waals surface area contributed by atoms with Crippen molar-refractivity contribution >= 4 is 17.5 Å². The molecule has 0 bridgehead atoms. The van der Waals surface area contributed by atoms with E-state index in [1.807, 2.05) is 25.3 Å². The zero-order valence-electron chi connectivity index (χ0n) is 9.73. The van der Waals surface area contributed by atoms with Crippen molar-refractivity contribution in [3.05, 3.63) is 64.9 Å². The highest BCUT2D eigenvalue weighted by atomic mass is 35.5. The summed E-state index contributed by atoms with van der Waals surface area (Å²) < 4.78 is 1.63. The first-order valence-electron chi connectivity index (χ1n) is 5.20. The Kier molecular flexibility index (Phi) is 5.13. The third-order valence-corrected chi connectivity index (χ3v) is 2.54. The molecule has 0 unspecified atom stereocenters. The maximum absolute atomic E-state index is 11.9. The summed E-state index contributed by atoms with van der Waals surface area (Å²) in [5, 5.41) is 0.616. The van der Waals surface area contributed by atoms with Gasteiger partial charge in [-0.2, -0.15) is 0 Å². The van der Waals surface area contributed by atoms with E-state index in [1.165, 1.54) is 0 Å². The van der Waals surface area contributed by atoms with Crippen molar-refractivity contribution in [3.8, 4) is 0 Å². The van der Waals surface area contributed by atoms with Crippen LogP contribution in [0.2, 0.25) is 5.02 Å². The molecule has 2 aromatic rings. The Hall–Kier alpha value is -1.58. The number of aromatic nitrogens is 1. The van der Waals surface area contributed by atoms with Gasteiger partial charge in [0.1, 0.15) is 0 Å². The van der Waals surface area contributed by atoms with Crippen molar-refractivity contribution in [1.29, 1.82) is 0 Å². The van der Waals surface area contributed by atoms with E-state index in [1.54, 1.807) is 35.1 Å². The Morgan fingerprint density at radius 1 is 1.22 bits per heavy atom. The average Bonchev–Trinajstić information content (AvgIpc) is 2.29. The Morgan fingerprint density at radius 2 is 1.89 bits per heavy atom. The maximum atomic E-state index is 11.9. The first-order valence-corrected chi connectivity index (χ1v) is 5.58. The number of carbonyl (C=O) groups excluding carboxylic acids is 1. The summed E-state index contributed by atoms with van der Waals surface area (Å²) in [5.74, 6) is -0.169. The fourth-order valence-corrected chi connectivity index (χ4v) is 1.57. The Bertz CT molecular complexity index is 541. The largest absolute Gasteiger partial charge is 1.00 e. The lowest BCUT2D eigenvalue weighted by atomic mass is 10.2. The minimum absolute atomic E-state index is 0. The van der Waals surface area contributed by atoms with Crippen LogP contribution in [0, 0.1) is 6.92 Å². The van der Waals surface area contributed by atoms with E-state index in [2.05, 4.69) is 5.43 Å². The number of hydrogen-bond donors (Lipinski definition) is 1. The summed E-state index contributed by atoms with van der Waals surface area (Å²) in [6.07, 6.45) is 3.62. The summed E-state index contributed by atoms with van der Waals surface area (Å²) in [6.45, 7) is 1.96. The number of aryl methyl sites for hydroxylation is 1. The van der Waals surface area contributed by atoms with Crippen LogP contribution in [0.1, 0.15) is 15.9 Å². The van der Waals surface area contributed by atoms with E-state index >= 15 is 0 Å². The molecule has 1 aromatic carbocycles. The van der Waals surface area contributed by atoms with Gasteiger partial charge in [-0.1, -0.05) is 16.3 Å². The minimum atomic E-state index is -0.169. The van der Waals surface area contributed by atoms with Crippen molar-refractivity contribution in [2.45, 2.75) is 6.92 Å². The Morgan fingerprint density at radius 3 is 2.50 bits per heavy atom. The Labute approximate surface area is 117 Å². The summed E-state index contributed by atoms with van der Waals surface area (Å²) in [5.41, 5.74) is 4.40. The highest BCUT2D eigenvalue weighted by Gasteiger charge is 2.10. The van der Waals surface area contributed by atoms with Gasteiger partial charge in [0.2, 0.25) is 6.20 Å². The van der Waals surface area contributed by atoms with Gasteiger partial charge in [0, 0.05) is 22.2 Å². The van der Waals surface area contributed by atoms with Gasteiger partial charge in [-0.25, -0.2) is 0 Å². The lowest BCUT2D eigenvalue weighted by molar-refractivity contribution is -0.641. The van der Waals surface area contributed by atoms with Gasteiger partial charge in [0.25, 0.3) is 0 Å². The molecule has 0 saturated carbocycles. The van der Waals surface area contributed by atoms with E-state index in [4.69, 9.17) is 11.6 Å². The van der Waals surface area contributed by atoms with Gasteiger partial charge in [-0.3, -0.25) is 4.79 Å². The van der Waals surface area contributed by atoms with E-state index < -0.39 is 0 Å². The number of nitrogens with zero attached hydrogens (tertiary/aromatic N) is 1. The number of benzene rings is 1. The molecule has 3 nitrogen and oxygen atoms in total. The van der Waals surface area contributed by atoms with Crippen molar-refractivity contribution in [3.63, 3.8) is 0 Å². The summed E-state index contributed by atoms with van der Waals surface area (Å²) in [7, 11) is 0. The van der Waals surface area contributed by atoms with Crippen LogP contribution >= 0.6 is 11.6 Å². The quantitative estimate of drug-likeness (QED) is 0.728. The predicted octanol–water partition coefficient (Wildman–Crippen LogP) is -0.676. The van der Waals surface area contributed by atoms with Crippen LogP contribution in [0.4, 0.5) is 0 Å². The monoisotopic (exact) mass is 282 g/mol. The second-order valence-electron chi connectivity index (χ2n) is 3.74. The molecule has 1 aromatic heterocycles. The number of amides is 1. The molecule has 0 aliphatic rings. The lowest BCUT2D eigenvalue weighted by Gasteiger charge is -2.00. The fourth-order valence-electron chi connectivity index (χ4n) is 1.45. The maximum Gasteiger partial charge on any atom is 0.305 e. The molecular formula is C13H12Cl2N2O. The molecule has 0 saturated heterocycles. The molecule has 0 radical (unpaired) electrons. The highest BCUT2D eigenvalue weighted by Crippen LogP contribution is 2.09. The van der Waals surface area contributed by atoms with Gasteiger partial charge in [0.15, 0.2) is 6.20 Å². The van der Waals surface area contributed by atoms with E-state index in [0.29, 0.717) is 10.6 Å². The van der Waals surface area contributed by atoms with Crippen LogP contribution in [-0.2, 0) is 0 Å². The van der Waals surface area contributed by atoms with Crippen molar-refractivity contribution in [2.24, 2.45) is 0 Å². The zero-order valence-corrected chi connectivity index (χ0v) is 11.2. The molecule has 18 heavy (non-hydrogen) atoms. The Balaban J connectivity index is 0.00000162. The topological polar surface area (TPSA) is 33.0 Å². The van der Waals surface area contributed by atoms with Gasteiger partial charge in [-0.05, 0) is 37.3 Å². The molecule has 94 valence electrons. The second-order valence-corrected chi connectivity index (χ2v) is 4.17. The predicted molar refractivity (Wildman–Crippen MR) is 66.5 cm³/mol. The smallest absolute Gasteiger partial charge is 0.305 e. The van der Waals surface area contributed by atoms with Gasteiger partial charge >= 0.3 is 5.91 Å². The highest BCUT2D eigenvalue weighted by molar-refractivity contribution is 6.30. The number of hydrogen-bond acceptors (Lipinski definition) is 1. The van der Waals surface area contributed by atoms with Crippen LogP contribution in [0.3, 0.4) is 0 Å². The fraction of sp³-hybridized carbons (Fsp3) is 0.0769. The van der Waals surface area contributed by atoms with Crippen molar-refractivity contribution < 1.29 is 21.9 Å². The van der Waals surface area contributed by atoms with Crippen LogP contribution < -0.4 is 22.5 Å².